The van der Waals surface area contributed by atoms with Gasteiger partial charge in [0.25, 0.3) is 0 Å². The van der Waals surface area contributed by atoms with Crippen LogP contribution in [0.2, 0.25) is 0 Å². The summed E-state index contributed by atoms with van der Waals surface area (Å²) in [5, 5.41) is 0.719. The lowest BCUT2D eigenvalue weighted by Gasteiger charge is -2.34. The fourth-order valence-electron chi connectivity index (χ4n) is 4.80. The molecule has 0 saturated carbocycles. The van der Waals surface area contributed by atoms with E-state index in [0.717, 1.165) is 17.3 Å². The van der Waals surface area contributed by atoms with Gasteiger partial charge in [0.1, 0.15) is 0 Å². The monoisotopic (exact) mass is 513 g/mol. The lowest BCUT2D eigenvalue weighted by Crippen LogP contribution is -2.36. The van der Waals surface area contributed by atoms with Crippen LogP contribution < -0.4 is 4.90 Å². The van der Waals surface area contributed by atoms with Crippen molar-refractivity contribution in [2.75, 3.05) is 24.2 Å². The number of alkyl halides is 3. The minimum atomic E-state index is -4.51. The van der Waals surface area contributed by atoms with Gasteiger partial charge in [-0.15, -0.1) is 0 Å². The molecule has 6 nitrogen and oxygen atoms in total. The number of rotatable bonds is 5. The number of carbonyl (C=O) groups excluding carboxylic acids is 1. The van der Waals surface area contributed by atoms with Gasteiger partial charge in [-0.05, 0) is 42.7 Å². The standard InChI is InChI=1S/C26H22F3N3O3S/c1-36(34,35)23-5-3-2-4-18(23)24(33)16-9-12-32(13-10-16)22-8-11-30-21-7-6-17(14-19(21)22)20-15-31-25(20)26(27,28)29/h2-8,11,14-16H,9-10,12-13H2,1H3. The molecule has 2 aliphatic rings. The van der Waals surface area contributed by atoms with Crippen molar-refractivity contribution in [3.05, 3.63) is 72.1 Å². The molecule has 3 heterocycles. The molecular formula is C26H22F3N3O3S. The number of fused-ring (bicyclic) bond motifs is 1. The first-order valence-electron chi connectivity index (χ1n) is 11.4. The molecule has 5 rings (SSSR count). The van der Waals surface area contributed by atoms with Crippen molar-refractivity contribution in [1.29, 1.82) is 0 Å². The van der Waals surface area contributed by atoms with Crippen LogP contribution in [-0.2, 0) is 9.84 Å². The third kappa shape index (κ3) is 4.41. The zero-order valence-corrected chi connectivity index (χ0v) is 20.1. The fraction of sp³-hybridized carbons (Fsp3) is 0.269. The highest BCUT2D eigenvalue weighted by Crippen LogP contribution is 2.37. The lowest BCUT2D eigenvalue weighted by atomic mass is 9.88. The van der Waals surface area contributed by atoms with Gasteiger partial charge in [-0.25, -0.2) is 8.42 Å². The molecular weight excluding hydrogens is 491 g/mol. The molecule has 36 heavy (non-hydrogen) atoms. The molecule has 1 saturated heterocycles. The van der Waals surface area contributed by atoms with E-state index in [1.165, 1.54) is 12.3 Å². The number of anilines is 1. The van der Waals surface area contributed by atoms with E-state index in [9.17, 15) is 26.4 Å². The maximum Gasteiger partial charge on any atom is 0.434 e. The molecule has 1 fully saturated rings. The predicted octanol–water partition coefficient (Wildman–Crippen LogP) is 5.10. The third-order valence-electron chi connectivity index (χ3n) is 6.63. The van der Waals surface area contributed by atoms with Crippen LogP contribution in [0.5, 0.6) is 0 Å². The summed E-state index contributed by atoms with van der Waals surface area (Å²) in [5.74, 6) is -0.507. The molecule has 2 aliphatic heterocycles. The van der Waals surface area contributed by atoms with Crippen LogP contribution in [0, 0.1) is 5.92 Å². The summed E-state index contributed by atoms with van der Waals surface area (Å²) in [7, 11) is -3.54. The Morgan fingerprint density at radius 3 is 2.42 bits per heavy atom. The second-order valence-corrected chi connectivity index (χ2v) is 11.0. The van der Waals surface area contributed by atoms with Crippen molar-refractivity contribution < 1.29 is 26.4 Å². The molecule has 0 amide bonds. The van der Waals surface area contributed by atoms with E-state index in [2.05, 4.69) is 14.9 Å². The number of hydrogen-bond donors (Lipinski definition) is 0. The number of nitrogens with zero attached hydrogens (tertiary/aromatic N) is 3. The second kappa shape index (κ2) is 8.85. The molecule has 0 N–H and O–H groups in total. The summed E-state index contributed by atoms with van der Waals surface area (Å²) in [5.41, 5.74) is 1.28. The van der Waals surface area contributed by atoms with E-state index >= 15 is 0 Å². The maximum absolute atomic E-state index is 13.2. The number of sulfone groups is 1. The number of benzene rings is 2. The Bertz CT molecular complexity index is 1540. The van der Waals surface area contributed by atoms with Crippen molar-refractivity contribution in [3.8, 4) is 0 Å². The van der Waals surface area contributed by atoms with Crippen molar-refractivity contribution >= 4 is 43.5 Å². The van der Waals surface area contributed by atoms with E-state index in [-0.39, 0.29) is 27.7 Å². The summed E-state index contributed by atoms with van der Waals surface area (Å²) in [6, 6.07) is 13.1. The smallest absolute Gasteiger partial charge is 0.371 e. The summed E-state index contributed by atoms with van der Waals surface area (Å²) in [6.07, 6.45) is 0.495. The van der Waals surface area contributed by atoms with Gasteiger partial charge in [-0.2, -0.15) is 13.2 Å². The van der Waals surface area contributed by atoms with Crippen LogP contribution in [0.25, 0.3) is 16.5 Å². The number of aliphatic imine (C=N–C) groups is 1. The zero-order chi connectivity index (χ0) is 25.7. The van der Waals surface area contributed by atoms with Gasteiger partial charge in [0.15, 0.2) is 21.3 Å². The van der Waals surface area contributed by atoms with E-state index in [1.807, 2.05) is 6.07 Å². The molecule has 3 aromatic rings. The third-order valence-corrected chi connectivity index (χ3v) is 7.79. The molecule has 0 radical (unpaired) electrons. The summed E-state index contributed by atoms with van der Waals surface area (Å²) in [4.78, 5) is 23.1. The number of aromatic nitrogens is 1. The van der Waals surface area contributed by atoms with Crippen molar-refractivity contribution in [2.24, 2.45) is 10.9 Å². The number of allylic oxidation sites excluding steroid dienone is 1. The number of Topliss-reactive ketones (excluding diaryl/α,β-unsaturated/α-hetero) is 1. The van der Waals surface area contributed by atoms with Crippen LogP contribution in [0.3, 0.4) is 0 Å². The highest BCUT2D eigenvalue weighted by atomic mass is 32.2. The Labute approximate surface area is 206 Å². The molecule has 0 atom stereocenters. The molecule has 1 aromatic heterocycles. The van der Waals surface area contributed by atoms with E-state index < -0.39 is 21.7 Å². The molecule has 0 aliphatic carbocycles. The maximum atomic E-state index is 13.2. The molecule has 0 spiro atoms. The van der Waals surface area contributed by atoms with Gasteiger partial charge >= 0.3 is 6.18 Å². The van der Waals surface area contributed by atoms with Crippen molar-refractivity contribution in [3.63, 3.8) is 0 Å². The molecule has 0 bridgehead atoms. The van der Waals surface area contributed by atoms with Crippen LogP contribution in [-0.4, -0.2) is 50.4 Å². The number of carbonyl (C=O) groups is 1. The SMILES string of the molecule is CS(=O)(=O)c1ccccc1C(=O)C1CCN(c2ccnc3ccc(C4=CN=C4C(F)(F)F)cc23)CC1. The van der Waals surface area contributed by atoms with Crippen molar-refractivity contribution in [2.45, 2.75) is 23.9 Å². The highest BCUT2D eigenvalue weighted by Gasteiger charge is 2.41. The average molecular weight is 514 g/mol. The van der Waals surface area contributed by atoms with Crippen LogP contribution in [0.4, 0.5) is 18.9 Å². The van der Waals surface area contributed by atoms with Gasteiger partial charge < -0.3 is 4.90 Å². The minimum absolute atomic E-state index is 0.0390. The Balaban J connectivity index is 1.38. The Morgan fingerprint density at radius 2 is 1.78 bits per heavy atom. The van der Waals surface area contributed by atoms with Gasteiger partial charge in [-0.1, -0.05) is 24.3 Å². The largest absolute Gasteiger partial charge is 0.434 e. The van der Waals surface area contributed by atoms with Crippen molar-refractivity contribution in [1.82, 2.24) is 4.98 Å². The van der Waals surface area contributed by atoms with Crippen LogP contribution >= 0.6 is 0 Å². The van der Waals surface area contributed by atoms with Gasteiger partial charge in [0.05, 0.1) is 10.4 Å². The van der Waals surface area contributed by atoms with E-state index in [0.29, 0.717) is 37.0 Å². The topological polar surface area (TPSA) is 79.7 Å². The van der Waals surface area contributed by atoms with Gasteiger partial charge in [0, 0.05) is 59.9 Å². The summed E-state index contributed by atoms with van der Waals surface area (Å²) in [6.45, 7) is 1.08. The zero-order valence-electron chi connectivity index (χ0n) is 19.3. The number of pyridine rings is 1. The Morgan fingerprint density at radius 1 is 1.06 bits per heavy atom. The highest BCUT2D eigenvalue weighted by molar-refractivity contribution is 7.90. The molecule has 2 aromatic carbocycles. The van der Waals surface area contributed by atoms with Gasteiger partial charge in [-0.3, -0.25) is 14.8 Å². The number of ketones is 1. The Kier molecular flexibility index (Phi) is 5.94. The predicted molar refractivity (Wildman–Crippen MR) is 132 cm³/mol. The molecule has 0 unspecified atom stereocenters. The Hall–Kier alpha value is -3.53. The van der Waals surface area contributed by atoms with Gasteiger partial charge in [0.2, 0.25) is 0 Å². The summed E-state index contributed by atoms with van der Waals surface area (Å²) >= 11 is 0. The number of hydrogen-bond acceptors (Lipinski definition) is 6. The van der Waals surface area contributed by atoms with E-state index in [4.69, 9.17) is 0 Å². The van der Waals surface area contributed by atoms with E-state index in [1.54, 1.807) is 42.6 Å². The van der Waals surface area contributed by atoms with Crippen LogP contribution in [0.1, 0.15) is 28.8 Å². The second-order valence-electron chi connectivity index (χ2n) is 8.97. The first-order chi connectivity index (χ1) is 17.0. The number of piperidine rings is 1. The number of halogens is 3. The first kappa shape index (κ1) is 24.2. The van der Waals surface area contributed by atoms with Crippen LogP contribution in [0.15, 0.2) is 70.8 Å². The normalized spacial score (nSPS) is 16.9. The minimum Gasteiger partial charge on any atom is -0.371 e. The molecule has 186 valence electrons. The fourth-order valence-corrected chi connectivity index (χ4v) is 5.70. The summed E-state index contributed by atoms with van der Waals surface area (Å²) < 4.78 is 63.8. The average Bonchev–Trinajstić information content (AvgIpc) is 2.81. The quantitative estimate of drug-likeness (QED) is 0.444. The molecule has 10 heteroatoms. The first-order valence-corrected chi connectivity index (χ1v) is 13.3. The lowest BCUT2D eigenvalue weighted by molar-refractivity contribution is -0.0576.